The number of hydrogen-bond acceptors (Lipinski definition) is 4. The third kappa shape index (κ3) is 3.12. The van der Waals surface area contributed by atoms with E-state index in [9.17, 15) is 13.2 Å². The first-order chi connectivity index (χ1) is 7.50. The highest BCUT2D eigenvalue weighted by Crippen LogP contribution is 2.48. The Morgan fingerprint density at radius 2 is 1.76 bits per heavy atom. The zero-order valence-electron chi connectivity index (χ0n) is 11.0. The van der Waals surface area contributed by atoms with Crippen molar-refractivity contribution in [1.82, 2.24) is 4.72 Å². The van der Waals surface area contributed by atoms with Crippen LogP contribution in [0.3, 0.4) is 0 Å². The lowest BCUT2D eigenvalue weighted by molar-refractivity contribution is 0.0569. The molecule has 0 aliphatic heterocycles. The largest absolute Gasteiger partial charge is 0.443 e. The molecule has 0 aromatic heterocycles. The predicted octanol–water partition coefficient (Wildman–Crippen LogP) is 2.03. The number of ether oxygens (including phenoxy) is 1. The van der Waals surface area contributed by atoms with Gasteiger partial charge >= 0.3 is 6.09 Å². The van der Waals surface area contributed by atoms with Gasteiger partial charge in [0.15, 0.2) is 0 Å². The van der Waals surface area contributed by atoms with E-state index in [2.05, 4.69) is 0 Å². The Morgan fingerprint density at radius 3 is 2.06 bits per heavy atom. The van der Waals surface area contributed by atoms with E-state index >= 15 is 0 Å². The van der Waals surface area contributed by atoms with E-state index in [1.54, 1.807) is 20.8 Å². The van der Waals surface area contributed by atoms with E-state index in [0.717, 1.165) is 0 Å². The monoisotopic (exact) mass is 263 g/mol. The van der Waals surface area contributed by atoms with Crippen molar-refractivity contribution >= 4 is 16.1 Å². The summed E-state index contributed by atoms with van der Waals surface area (Å²) in [6.45, 7) is 8.76. The van der Waals surface area contributed by atoms with Gasteiger partial charge in [-0.25, -0.2) is 17.9 Å². The minimum absolute atomic E-state index is 0.0116. The summed E-state index contributed by atoms with van der Waals surface area (Å²) >= 11 is 0. The van der Waals surface area contributed by atoms with E-state index in [1.807, 2.05) is 18.6 Å². The number of hydrogen-bond donors (Lipinski definition) is 1. The highest BCUT2D eigenvalue weighted by atomic mass is 32.2. The van der Waals surface area contributed by atoms with E-state index in [1.165, 1.54) is 0 Å². The minimum Gasteiger partial charge on any atom is -0.443 e. The van der Waals surface area contributed by atoms with Crippen molar-refractivity contribution in [2.24, 2.45) is 5.92 Å². The molecular weight excluding hydrogens is 242 g/mol. The summed E-state index contributed by atoms with van der Waals surface area (Å²) in [6, 6.07) is 0. The normalized spacial score (nSPS) is 18.9. The lowest BCUT2D eigenvalue weighted by atomic mass is 10.1. The van der Waals surface area contributed by atoms with Gasteiger partial charge in [0.2, 0.25) is 10.0 Å². The fraction of sp³-hybridized carbons (Fsp3) is 0.909. The molecule has 1 amide bonds. The van der Waals surface area contributed by atoms with Gasteiger partial charge in [0, 0.05) is 0 Å². The van der Waals surface area contributed by atoms with Crippen LogP contribution in [0.2, 0.25) is 0 Å². The molecule has 0 spiro atoms. The Kier molecular flexibility index (Phi) is 3.49. The first-order valence-corrected chi connectivity index (χ1v) is 7.24. The zero-order chi connectivity index (χ0) is 13.5. The third-order valence-corrected chi connectivity index (χ3v) is 5.33. The lowest BCUT2D eigenvalue weighted by Crippen LogP contribution is -2.44. The molecule has 0 bridgehead atoms. The fourth-order valence-electron chi connectivity index (χ4n) is 1.79. The van der Waals surface area contributed by atoms with Crippen molar-refractivity contribution in [2.45, 2.75) is 57.8 Å². The van der Waals surface area contributed by atoms with Crippen molar-refractivity contribution in [3.63, 3.8) is 0 Å². The van der Waals surface area contributed by atoms with Crippen molar-refractivity contribution in [3.05, 3.63) is 0 Å². The van der Waals surface area contributed by atoms with Crippen molar-refractivity contribution in [2.75, 3.05) is 0 Å². The molecule has 17 heavy (non-hydrogen) atoms. The van der Waals surface area contributed by atoms with E-state index in [0.29, 0.717) is 12.8 Å². The van der Waals surface area contributed by atoms with E-state index in [-0.39, 0.29) is 5.92 Å². The summed E-state index contributed by atoms with van der Waals surface area (Å²) < 4.78 is 30.2. The molecule has 5 nitrogen and oxygen atoms in total. The Labute approximate surface area is 103 Å². The summed E-state index contributed by atoms with van der Waals surface area (Å²) in [4.78, 5) is 11.5. The average Bonchev–Trinajstić information content (AvgIpc) is 2.75. The predicted molar refractivity (Wildman–Crippen MR) is 65.1 cm³/mol. The quantitative estimate of drug-likeness (QED) is 0.845. The molecule has 100 valence electrons. The van der Waals surface area contributed by atoms with Crippen molar-refractivity contribution in [1.29, 1.82) is 0 Å². The molecule has 0 atom stereocenters. The molecule has 1 rings (SSSR count). The summed E-state index contributed by atoms with van der Waals surface area (Å²) in [7, 11) is -3.64. The number of amides is 1. The summed E-state index contributed by atoms with van der Waals surface area (Å²) in [6.07, 6.45) is 0.301. The SMILES string of the molecule is CC(C)C1(S(=O)(=O)NC(=O)OC(C)(C)C)CC1. The molecule has 6 heteroatoms. The van der Waals surface area contributed by atoms with Crippen LogP contribution in [-0.4, -0.2) is 24.9 Å². The van der Waals surface area contributed by atoms with Crippen LogP contribution in [0.4, 0.5) is 4.79 Å². The van der Waals surface area contributed by atoms with Crippen LogP contribution in [0.15, 0.2) is 0 Å². The summed E-state index contributed by atoms with van der Waals surface area (Å²) in [5, 5.41) is 0. The van der Waals surface area contributed by atoms with Crippen LogP contribution in [0, 0.1) is 5.92 Å². The molecule has 0 heterocycles. The van der Waals surface area contributed by atoms with Gasteiger partial charge < -0.3 is 4.74 Å². The maximum atomic E-state index is 12.0. The number of nitrogens with one attached hydrogen (secondary N) is 1. The van der Waals surface area contributed by atoms with Crippen LogP contribution in [0.1, 0.15) is 47.5 Å². The highest BCUT2D eigenvalue weighted by Gasteiger charge is 2.57. The number of rotatable bonds is 3. The Hall–Kier alpha value is -0.780. The molecule has 0 unspecified atom stereocenters. The first-order valence-electron chi connectivity index (χ1n) is 5.75. The molecule has 1 aliphatic rings. The van der Waals surface area contributed by atoms with E-state index in [4.69, 9.17) is 4.74 Å². The molecule has 1 fully saturated rings. The average molecular weight is 263 g/mol. The molecular formula is C11H21NO4S. The van der Waals surface area contributed by atoms with Gasteiger partial charge in [0.25, 0.3) is 0 Å². The molecule has 0 saturated heterocycles. The zero-order valence-corrected chi connectivity index (χ0v) is 11.8. The van der Waals surface area contributed by atoms with Gasteiger partial charge in [-0.1, -0.05) is 13.8 Å². The maximum absolute atomic E-state index is 12.0. The van der Waals surface area contributed by atoms with Gasteiger partial charge in [-0.3, -0.25) is 0 Å². The van der Waals surface area contributed by atoms with Gasteiger partial charge in [0.1, 0.15) is 5.60 Å². The second-order valence-corrected chi connectivity index (χ2v) is 7.85. The first kappa shape index (κ1) is 14.3. The van der Waals surface area contributed by atoms with Crippen LogP contribution >= 0.6 is 0 Å². The van der Waals surface area contributed by atoms with Crippen LogP contribution < -0.4 is 4.72 Å². The second-order valence-electron chi connectivity index (χ2n) is 5.83. The second kappa shape index (κ2) is 4.15. The minimum atomic E-state index is -3.64. The van der Waals surface area contributed by atoms with Gasteiger partial charge in [-0.2, -0.15) is 0 Å². The van der Waals surface area contributed by atoms with Crippen molar-refractivity contribution < 1.29 is 17.9 Å². The highest BCUT2D eigenvalue weighted by molar-refractivity contribution is 7.91. The molecule has 0 aromatic rings. The lowest BCUT2D eigenvalue weighted by Gasteiger charge is -2.23. The van der Waals surface area contributed by atoms with E-state index < -0.39 is 26.5 Å². The Morgan fingerprint density at radius 1 is 1.29 bits per heavy atom. The summed E-state index contributed by atoms with van der Waals surface area (Å²) in [5.41, 5.74) is -0.700. The molecule has 1 saturated carbocycles. The van der Waals surface area contributed by atoms with Crippen LogP contribution in [0.5, 0.6) is 0 Å². The Balaban J connectivity index is 2.72. The third-order valence-electron chi connectivity index (χ3n) is 2.95. The molecule has 1 aliphatic carbocycles. The smallest absolute Gasteiger partial charge is 0.421 e. The van der Waals surface area contributed by atoms with Crippen LogP contribution in [0.25, 0.3) is 0 Å². The van der Waals surface area contributed by atoms with Gasteiger partial charge in [-0.05, 0) is 39.5 Å². The number of carbonyl (C=O) groups is 1. The number of carbonyl (C=O) groups excluding carboxylic acids is 1. The maximum Gasteiger partial charge on any atom is 0.421 e. The topological polar surface area (TPSA) is 72.5 Å². The van der Waals surface area contributed by atoms with Crippen LogP contribution in [-0.2, 0) is 14.8 Å². The Bertz CT molecular complexity index is 402. The summed E-state index contributed by atoms with van der Waals surface area (Å²) in [5.74, 6) is -0.0116. The fourth-order valence-corrected chi connectivity index (χ4v) is 3.51. The molecule has 1 N–H and O–H groups in total. The molecule has 0 aromatic carbocycles. The molecule has 0 radical (unpaired) electrons. The van der Waals surface area contributed by atoms with Crippen molar-refractivity contribution in [3.8, 4) is 0 Å². The number of sulfonamides is 1. The van der Waals surface area contributed by atoms with Gasteiger partial charge in [-0.15, -0.1) is 0 Å². The van der Waals surface area contributed by atoms with Gasteiger partial charge in [0.05, 0.1) is 4.75 Å². The standard InChI is InChI=1S/C11H21NO4S/c1-8(2)11(6-7-11)17(14,15)12-9(13)16-10(3,4)5/h8H,6-7H2,1-5H3,(H,12,13).